The van der Waals surface area contributed by atoms with Gasteiger partial charge in [-0.25, -0.2) is 0 Å². The van der Waals surface area contributed by atoms with Crippen LogP contribution in [0.5, 0.6) is 11.5 Å². The summed E-state index contributed by atoms with van der Waals surface area (Å²) in [6.45, 7) is 0. The SMILES string of the molecule is c1ccc(N(c2ccc3c(c2)-c2c(ccc4ccccc24)C32c3ccccc3Oc3ccccc32)c2ccc3ccccc3c2)cc1. The van der Waals surface area contributed by atoms with E-state index in [2.05, 4.69) is 181 Å². The molecular formula is C45H29NO. The monoisotopic (exact) mass is 599 g/mol. The number of benzene rings is 8. The lowest BCUT2D eigenvalue weighted by Crippen LogP contribution is -2.32. The van der Waals surface area contributed by atoms with E-state index in [0.29, 0.717) is 0 Å². The number of fused-ring (bicyclic) bond motifs is 12. The van der Waals surface area contributed by atoms with E-state index in [1.165, 1.54) is 54.9 Å². The molecule has 1 aliphatic carbocycles. The van der Waals surface area contributed by atoms with Crippen LogP contribution in [0.4, 0.5) is 17.1 Å². The smallest absolute Gasteiger partial charge is 0.132 e. The first-order chi connectivity index (χ1) is 23.3. The van der Waals surface area contributed by atoms with Crippen LogP contribution in [0.3, 0.4) is 0 Å². The molecule has 2 heteroatoms. The molecule has 1 spiro atoms. The van der Waals surface area contributed by atoms with Gasteiger partial charge in [-0.3, -0.25) is 0 Å². The average Bonchev–Trinajstić information content (AvgIpc) is 3.43. The van der Waals surface area contributed by atoms with Crippen LogP contribution in [0.25, 0.3) is 32.7 Å². The van der Waals surface area contributed by atoms with E-state index in [-0.39, 0.29) is 0 Å². The second-order valence-electron chi connectivity index (χ2n) is 12.5. The van der Waals surface area contributed by atoms with E-state index in [1.54, 1.807) is 0 Å². The van der Waals surface area contributed by atoms with Gasteiger partial charge in [-0.05, 0) is 92.3 Å². The van der Waals surface area contributed by atoms with Crippen molar-refractivity contribution < 1.29 is 4.74 Å². The zero-order valence-corrected chi connectivity index (χ0v) is 25.6. The average molecular weight is 600 g/mol. The maximum absolute atomic E-state index is 6.59. The molecule has 1 aliphatic heterocycles. The van der Waals surface area contributed by atoms with Crippen molar-refractivity contribution in [2.45, 2.75) is 5.41 Å². The summed E-state index contributed by atoms with van der Waals surface area (Å²) in [6.07, 6.45) is 0. The third-order valence-electron chi connectivity index (χ3n) is 10.1. The van der Waals surface area contributed by atoms with Gasteiger partial charge in [-0.2, -0.15) is 0 Å². The Kier molecular flexibility index (Phi) is 5.53. The molecule has 220 valence electrons. The minimum atomic E-state index is -0.515. The van der Waals surface area contributed by atoms with Crippen LogP contribution < -0.4 is 9.64 Å². The van der Waals surface area contributed by atoms with E-state index in [9.17, 15) is 0 Å². The summed E-state index contributed by atoms with van der Waals surface area (Å²) in [5.74, 6) is 1.81. The molecule has 10 rings (SSSR count). The maximum Gasteiger partial charge on any atom is 0.132 e. The van der Waals surface area contributed by atoms with Gasteiger partial charge >= 0.3 is 0 Å². The molecule has 0 unspecified atom stereocenters. The zero-order valence-electron chi connectivity index (χ0n) is 25.6. The van der Waals surface area contributed by atoms with Gasteiger partial charge in [-0.15, -0.1) is 0 Å². The van der Waals surface area contributed by atoms with Gasteiger partial charge in [0.2, 0.25) is 0 Å². The molecular weight excluding hydrogens is 571 g/mol. The van der Waals surface area contributed by atoms with Crippen molar-refractivity contribution in [3.63, 3.8) is 0 Å². The van der Waals surface area contributed by atoms with Crippen LogP contribution in [-0.4, -0.2) is 0 Å². The Hall–Kier alpha value is -6.12. The quantitative estimate of drug-likeness (QED) is 0.200. The molecule has 0 saturated heterocycles. The molecule has 2 nitrogen and oxygen atoms in total. The molecule has 8 aromatic carbocycles. The molecule has 8 aromatic rings. The highest BCUT2D eigenvalue weighted by Crippen LogP contribution is 2.63. The topological polar surface area (TPSA) is 12.5 Å². The van der Waals surface area contributed by atoms with E-state index < -0.39 is 5.41 Å². The number of nitrogens with zero attached hydrogens (tertiary/aromatic N) is 1. The van der Waals surface area contributed by atoms with E-state index in [1.807, 2.05) is 0 Å². The molecule has 1 heterocycles. The molecule has 0 radical (unpaired) electrons. The lowest BCUT2D eigenvalue weighted by molar-refractivity contribution is 0.436. The molecule has 0 atom stereocenters. The van der Waals surface area contributed by atoms with Crippen molar-refractivity contribution >= 4 is 38.6 Å². The molecule has 0 amide bonds. The highest BCUT2D eigenvalue weighted by atomic mass is 16.5. The molecule has 47 heavy (non-hydrogen) atoms. The number of ether oxygens (including phenoxy) is 1. The van der Waals surface area contributed by atoms with Gasteiger partial charge in [0.25, 0.3) is 0 Å². The Balaban J connectivity index is 1.30. The Labute approximate surface area is 273 Å². The van der Waals surface area contributed by atoms with Crippen LogP contribution >= 0.6 is 0 Å². The Bertz CT molecular complexity index is 2470. The molecule has 0 fully saturated rings. The third kappa shape index (κ3) is 3.67. The summed E-state index contributed by atoms with van der Waals surface area (Å²) in [5, 5.41) is 4.96. The first kappa shape index (κ1) is 26.1. The second kappa shape index (κ2) is 9.94. The van der Waals surface area contributed by atoms with Crippen molar-refractivity contribution in [1.82, 2.24) is 0 Å². The summed E-state index contributed by atoms with van der Waals surface area (Å²) in [6, 6.07) is 63.7. The minimum Gasteiger partial charge on any atom is -0.457 e. The van der Waals surface area contributed by atoms with Gasteiger partial charge in [0, 0.05) is 28.2 Å². The maximum atomic E-state index is 6.59. The van der Waals surface area contributed by atoms with Gasteiger partial charge in [-0.1, -0.05) is 127 Å². The number of para-hydroxylation sites is 3. The van der Waals surface area contributed by atoms with Crippen molar-refractivity contribution in [2.24, 2.45) is 0 Å². The predicted molar refractivity (Wildman–Crippen MR) is 194 cm³/mol. The molecule has 0 N–H and O–H groups in total. The molecule has 0 aromatic heterocycles. The molecule has 2 aliphatic rings. The third-order valence-corrected chi connectivity index (χ3v) is 10.1. The van der Waals surface area contributed by atoms with Crippen LogP contribution in [0.15, 0.2) is 176 Å². The molecule has 0 bridgehead atoms. The van der Waals surface area contributed by atoms with Gasteiger partial charge in [0.05, 0.1) is 5.41 Å². The summed E-state index contributed by atoms with van der Waals surface area (Å²) in [4.78, 5) is 2.38. The van der Waals surface area contributed by atoms with E-state index in [0.717, 1.165) is 28.6 Å². The fourth-order valence-corrected chi connectivity index (χ4v) is 8.14. The first-order valence-electron chi connectivity index (χ1n) is 16.2. The molecule has 0 saturated carbocycles. The number of anilines is 3. The van der Waals surface area contributed by atoms with E-state index in [4.69, 9.17) is 4.74 Å². The number of rotatable bonds is 3. The highest BCUT2D eigenvalue weighted by molar-refractivity contribution is 6.05. The summed E-state index contributed by atoms with van der Waals surface area (Å²) < 4.78 is 6.59. The minimum absolute atomic E-state index is 0.515. The van der Waals surface area contributed by atoms with Gasteiger partial charge < -0.3 is 9.64 Å². The lowest BCUT2D eigenvalue weighted by Gasteiger charge is -2.39. The fourth-order valence-electron chi connectivity index (χ4n) is 8.14. The number of hydrogen-bond acceptors (Lipinski definition) is 2. The summed E-state index contributed by atoms with van der Waals surface area (Å²) in [5.41, 5.74) is 10.3. The van der Waals surface area contributed by atoms with Crippen molar-refractivity contribution in [3.8, 4) is 22.6 Å². The Morgan fingerprint density at radius 2 is 0.957 bits per heavy atom. The number of hydrogen-bond donors (Lipinski definition) is 0. The predicted octanol–water partition coefficient (Wildman–Crippen LogP) is 11.9. The largest absolute Gasteiger partial charge is 0.457 e. The Morgan fingerprint density at radius 1 is 0.383 bits per heavy atom. The van der Waals surface area contributed by atoms with Crippen LogP contribution in [-0.2, 0) is 5.41 Å². The summed E-state index contributed by atoms with van der Waals surface area (Å²) >= 11 is 0. The van der Waals surface area contributed by atoms with Crippen LogP contribution in [0.1, 0.15) is 22.3 Å². The van der Waals surface area contributed by atoms with Crippen LogP contribution in [0.2, 0.25) is 0 Å². The standard InChI is InChI=1S/C45H29NO/c1-2-15-33(16-3-1)46(34-24-22-30-12-4-5-14-32(30)28-34)35-25-27-38-37(29-35)44-36-17-7-6-13-31(36)23-26-41(44)45(38)39-18-8-10-20-42(39)47-43-21-11-9-19-40(43)45/h1-29H. The summed E-state index contributed by atoms with van der Waals surface area (Å²) in [7, 11) is 0. The normalized spacial score (nSPS) is 13.4. The van der Waals surface area contributed by atoms with Gasteiger partial charge in [0.15, 0.2) is 0 Å². The van der Waals surface area contributed by atoms with E-state index >= 15 is 0 Å². The highest BCUT2D eigenvalue weighted by Gasteiger charge is 2.51. The van der Waals surface area contributed by atoms with Crippen molar-refractivity contribution in [1.29, 1.82) is 0 Å². The zero-order chi connectivity index (χ0) is 31.0. The van der Waals surface area contributed by atoms with Crippen LogP contribution in [0, 0.1) is 0 Å². The van der Waals surface area contributed by atoms with Crippen molar-refractivity contribution in [3.05, 3.63) is 198 Å². The Morgan fingerprint density at radius 3 is 1.74 bits per heavy atom. The first-order valence-corrected chi connectivity index (χ1v) is 16.2. The second-order valence-corrected chi connectivity index (χ2v) is 12.5. The lowest BCUT2D eigenvalue weighted by atomic mass is 9.66. The van der Waals surface area contributed by atoms with Gasteiger partial charge in [0.1, 0.15) is 11.5 Å². The fraction of sp³-hybridized carbons (Fsp3) is 0.0222. The van der Waals surface area contributed by atoms with Crippen molar-refractivity contribution in [2.75, 3.05) is 4.90 Å².